The molecule has 1 aromatic carbocycles. The Morgan fingerprint density at radius 3 is 2.59 bits per heavy atom. The molecule has 0 bridgehead atoms. The van der Waals surface area contributed by atoms with E-state index in [0.29, 0.717) is 40.5 Å². The van der Waals surface area contributed by atoms with Gasteiger partial charge in [-0.2, -0.15) is 0 Å². The average molecular weight is 253 g/mol. The molecule has 0 fully saturated rings. The fourth-order valence-electron chi connectivity index (χ4n) is 2.03. The first-order chi connectivity index (χ1) is 8.19. The van der Waals surface area contributed by atoms with E-state index < -0.39 is 0 Å². The van der Waals surface area contributed by atoms with E-state index in [1.54, 1.807) is 32.4 Å². The lowest BCUT2D eigenvalue weighted by atomic mass is 10.0. The van der Waals surface area contributed by atoms with Gasteiger partial charge in [0.05, 0.1) is 24.8 Å². The Labute approximate surface area is 105 Å². The molecule has 0 radical (unpaired) electrons. The van der Waals surface area contributed by atoms with E-state index in [4.69, 9.17) is 21.1 Å². The van der Waals surface area contributed by atoms with E-state index >= 15 is 0 Å². The van der Waals surface area contributed by atoms with Crippen LogP contribution >= 0.6 is 11.6 Å². The Hall–Kier alpha value is -1.48. The third-order valence-electron chi connectivity index (χ3n) is 2.83. The Balaban J connectivity index is 2.64. The molecule has 1 aliphatic carbocycles. The van der Waals surface area contributed by atoms with Gasteiger partial charge in [-0.1, -0.05) is 17.7 Å². The quantitative estimate of drug-likeness (QED) is 0.829. The van der Waals surface area contributed by atoms with Crippen LogP contribution in [0.3, 0.4) is 0 Å². The number of hydrogen-bond acceptors (Lipinski definition) is 3. The van der Waals surface area contributed by atoms with Crippen LogP contribution < -0.4 is 4.74 Å². The molecule has 0 saturated carbocycles. The van der Waals surface area contributed by atoms with Crippen molar-refractivity contribution in [1.82, 2.24) is 0 Å². The molecule has 90 valence electrons. The van der Waals surface area contributed by atoms with Crippen molar-refractivity contribution in [2.75, 3.05) is 14.2 Å². The van der Waals surface area contributed by atoms with Crippen LogP contribution in [0.5, 0.6) is 5.75 Å². The van der Waals surface area contributed by atoms with Gasteiger partial charge in [-0.05, 0) is 12.1 Å². The zero-order chi connectivity index (χ0) is 12.4. The summed E-state index contributed by atoms with van der Waals surface area (Å²) < 4.78 is 10.5. The highest BCUT2D eigenvalue weighted by Crippen LogP contribution is 2.39. The molecule has 0 atom stereocenters. The van der Waals surface area contributed by atoms with E-state index in [1.807, 2.05) is 0 Å². The van der Waals surface area contributed by atoms with Crippen LogP contribution in [0.25, 0.3) is 5.57 Å². The molecular formula is C13H13ClO3. The largest absolute Gasteiger partial charge is 0.500 e. The summed E-state index contributed by atoms with van der Waals surface area (Å²) in [6.45, 7) is 0. The van der Waals surface area contributed by atoms with Crippen LogP contribution in [0.1, 0.15) is 18.4 Å². The Morgan fingerprint density at radius 1 is 1.18 bits per heavy atom. The summed E-state index contributed by atoms with van der Waals surface area (Å²) in [5, 5.41) is 0.504. The molecule has 3 nitrogen and oxygen atoms in total. The Bertz CT molecular complexity index is 491. The number of Topliss-reactive ketones (excluding diaryl/α,β-unsaturated/α-hetero) is 1. The SMILES string of the molecule is COC1=C(c2c(Cl)cccc2OC)C(=O)CC1. The molecule has 0 amide bonds. The number of benzene rings is 1. The number of methoxy groups -OCH3 is 2. The molecule has 2 rings (SSSR count). The third kappa shape index (κ3) is 2.03. The van der Waals surface area contributed by atoms with Crippen molar-refractivity contribution < 1.29 is 14.3 Å². The van der Waals surface area contributed by atoms with Crippen LogP contribution in [0.15, 0.2) is 24.0 Å². The standard InChI is InChI=1S/C13H13ClO3/c1-16-10-5-3-4-8(14)12(10)13-9(15)6-7-11(13)17-2/h3-5H,6-7H2,1-2H3. The Morgan fingerprint density at radius 2 is 1.94 bits per heavy atom. The van der Waals surface area contributed by atoms with Crippen LogP contribution in [0.2, 0.25) is 5.02 Å². The first-order valence-electron chi connectivity index (χ1n) is 5.32. The van der Waals surface area contributed by atoms with Gasteiger partial charge in [0.25, 0.3) is 0 Å². The summed E-state index contributed by atoms with van der Waals surface area (Å²) in [7, 11) is 3.12. The molecule has 0 saturated heterocycles. The van der Waals surface area contributed by atoms with Gasteiger partial charge < -0.3 is 9.47 Å². The zero-order valence-corrected chi connectivity index (χ0v) is 10.5. The molecule has 0 aromatic heterocycles. The van der Waals surface area contributed by atoms with E-state index in [9.17, 15) is 4.79 Å². The summed E-state index contributed by atoms with van der Waals surface area (Å²) >= 11 is 6.15. The number of ketones is 1. The number of ether oxygens (including phenoxy) is 2. The van der Waals surface area contributed by atoms with Gasteiger partial charge in [-0.3, -0.25) is 4.79 Å². The third-order valence-corrected chi connectivity index (χ3v) is 3.14. The van der Waals surface area contributed by atoms with Gasteiger partial charge in [0.2, 0.25) is 0 Å². The molecule has 0 unspecified atom stereocenters. The van der Waals surface area contributed by atoms with Gasteiger partial charge >= 0.3 is 0 Å². The maximum Gasteiger partial charge on any atom is 0.167 e. The minimum atomic E-state index is 0.0493. The predicted molar refractivity (Wildman–Crippen MR) is 66.2 cm³/mol. The number of allylic oxidation sites excluding steroid dienone is 2. The second-order valence-electron chi connectivity index (χ2n) is 3.74. The van der Waals surface area contributed by atoms with Crippen molar-refractivity contribution in [3.63, 3.8) is 0 Å². The second kappa shape index (κ2) is 4.80. The molecule has 0 spiro atoms. The first-order valence-corrected chi connectivity index (χ1v) is 5.70. The minimum absolute atomic E-state index is 0.0493. The highest BCUT2D eigenvalue weighted by molar-refractivity contribution is 6.36. The molecule has 0 aliphatic heterocycles. The van der Waals surface area contributed by atoms with Gasteiger partial charge in [0, 0.05) is 18.4 Å². The number of rotatable bonds is 3. The maximum atomic E-state index is 11.9. The lowest BCUT2D eigenvalue weighted by Crippen LogP contribution is -2.00. The second-order valence-corrected chi connectivity index (χ2v) is 4.15. The van der Waals surface area contributed by atoms with Gasteiger partial charge in [-0.25, -0.2) is 0 Å². The van der Waals surface area contributed by atoms with Crippen molar-refractivity contribution >= 4 is 23.0 Å². The van der Waals surface area contributed by atoms with Crippen LogP contribution in [0.4, 0.5) is 0 Å². The van der Waals surface area contributed by atoms with Crippen molar-refractivity contribution in [2.24, 2.45) is 0 Å². The fourth-order valence-corrected chi connectivity index (χ4v) is 2.29. The smallest absolute Gasteiger partial charge is 0.167 e. The fraction of sp³-hybridized carbons (Fsp3) is 0.308. The summed E-state index contributed by atoms with van der Waals surface area (Å²) in [5.74, 6) is 1.33. The molecule has 4 heteroatoms. The van der Waals surface area contributed by atoms with E-state index in [0.717, 1.165) is 0 Å². The van der Waals surface area contributed by atoms with Crippen molar-refractivity contribution in [3.05, 3.63) is 34.5 Å². The lowest BCUT2D eigenvalue weighted by Gasteiger charge is -2.12. The topological polar surface area (TPSA) is 35.5 Å². The van der Waals surface area contributed by atoms with Crippen LogP contribution in [-0.2, 0) is 9.53 Å². The molecule has 1 aromatic rings. The summed E-state index contributed by atoms with van der Waals surface area (Å²) in [5.41, 5.74) is 1.19. The lowest BCUT2D eigenvalue weighted by molar-refractivity contribution is -0.113. The van der Waals surface area contributed by atoms with Crippen LogP contribution in [0, 0.1) is 0 Å². The number of halogens is 1. The highest BCUT2D eigenvalue weighted by atomic mass is 35.5. The van der Waals surface area contributed by atoms with Crippen molar-refractivity contribution in [1.29, 1.82) is 0 Å². The molecule has 17 heavy (non-hydrogen) atoms. The number of carbonyl (C=O) groups is 1. The first kappa shape index (κ1) is 12.0. The van der Waals surface area contributed by atoms with Crippen LogP contribution in [-0.4, -0.2) is 20.0 Å². The van der Waals surface area contributed by atoms with E-state index in [2.05, 4.69) is 0 Å². The normalized spacial score (nSPS) is 15.4. The van der Waals surface area contributed by atoms with Gasteiger partial charge in [-0.15, -0.1) is 0 Å². The minimum Gasteiger partial charge on any atom is -0.500 e. The van der Waals surface area contributed by atoms with Crippen molar-refractivity contribution in [2.45, 2.75) is 12.8 Å². The predicted octanol–water partition coefficient (Wildman–Crippen LogP) is 3.07. The van der Waals surface area contributed by atoms with Gasteiger partial charge in [0.15, 0.2) is 5.78 Å². The Kier molecular flexibility index (Phi) is 3.38. The number of carbonyl (C=O) groups excluding carboxylic acids is 1. The summed E-state index contributed by atoms with van der Waals surface area (Å²) in [6.07, 6.45) is 1.09. The van der Waals surface area contributed by atoms with Gasteiger partial charge in [0.1, 0.15) is 11.5 Å². The maximum absolute atomic E-state index is 11.9. The monoisotopic (exact) mass is 252 g/mol. The number of hydrogen-bond donors (Lipinski definition) is 0. The zero-order valence-electron chi connectivity index (χ0n) is 9.75. The van der Waals surface area contributed by atoms with Crippen molar-refractivity contribution in [3.8, 4) is 5.75 Å². The molecule has 0 N–H and O–H groups in total. The molecule has 0 heterocycles. The highest BCUT2D eigenvalue weighted by Gasteiger charge is 2.29. The van der Waals surface area contributed by atoms with E-state index in [1.165, 1.54) is 0 Å². The molecule has 1 aliphatic rings. The summed E-state index contributed by atoms with van der Waals surface area (Å²) in [4.78, 5) is 11.9. The molecular weight excluding hydrogens is 240 g/mol. The average Bonchev–Trinajstić information content (AvgIpc) is 2.70. The van der Waals surface area contributed by atoms with E-state index in [-0.39, 0.29) is 5.78 Å². The summed E-state index contributed by atoms with van der Waals surface area (Å²) in [6, 6.07) is 5.31.